The van der Waals surface area contributed by atoms with Gasteiger partial charge in [0.15, 0.2) is 11.5 Å². The van der Waals surface area contributed by atoms with Crippen LogP contribution in [0.2, 0.25) is 5.02 Å². The van der Waals surface area contributed by atoms with Gasteiger partial charge >= 0.3 is 0 Å². The standard InChI is InChI=1S/C19H17ClFNO3/c20-15-2-1-3-16(21)14(15)9-19(23)22-7-6-13(10-22)12-4-5-17-18(8-12)25-11-24-17/h1-5,8,13H,6-7,9-11H2/t13-/m1/s1. The summed E-state index contributed by atoms with van der Waals surface area (Å²) in [4.78, 5) is 14.3. The third kappa shape index (κ3) is 3.16. The molecule has 0 saturated carbocycles. The summed E-state index contributed by atoms with van der Waals surface area (Å²) >= 11 is 6.02. The molecule has 0 bridgehead atoms. The topological polar surface area (TPSA) is 38.8 Å². The van der Waals surface area contributed by atoms with Crippen molar-refractivity contribution in [1.29, 1.82) is 0 Å². The fraction of sp³-hybridized carbons (Fsp3) is 0.316. The van der Waals surface area contributed by atoms with Gasteiger partial charge in [-0.3, -0.25) is 4.79 Å². The zero-order chi connectivity index (χ0) is 17.4. The number of hydrogen-bond donors (Lipinski definition) is 0. The third-order valence-corrected chi connectivity index (χ3v) is 5.15. The molecule has 2 aromatic carbocycles. The molecule has 2 aliphatic rings. The average Bonchev–Trinajstić information content (AvgIpc) is 3.26. The van der Waals surface area contributed by atoms with Crippen molar-refractivity contribution in [3.05, 3.63) is 58.4 Å². The minimum absolute atomic E-state index is 0.0145. The normalized spacial score (nSPS) is 18.6. The molecule has 1 saturated heterocycles. The van der Waals surface area contributed by atoms with Crippen molar-refractivity contribution in [2.24, 2.45) is 0 Å². The predicted molar refractivity (Wildman–Crippen MR) is 91.6 cm³/mol. The van der Waals surface area contributed by atoms with Crippen LogP contribution in [0.3, 0.4) is 0 Å². The third-order valence-electron chi connectivity index (χ3n) is 4.80. The van der Waals surface area contributed by atoms with Gasteiger partial charge in [-0.05, 0) is 36.2 Å². The maximum atomic E-state index is 13.9. The number of nitrogens with zero attached hydrogens (tertiary/aromatic N) is 1. The molecule has 2 heterocycles. The monoisotopic (exact) mass is 361 g/mol. The van der Waals surface area contributed by atoms with E-state index in [9.17, 15) is 9.18 Å². The van der Waals surface area contributed by atoms with Crippen LogP contribution in [-0.4, -0.2) is 30.7 Å². The molecular weight excluding hydrogens is 345 g/mol. The van der Waals surface area contributed by atoms with Crippen LogP contribution in [0.15, 0.2) is 36.4 Å². The van der Waals surface area contributed by atoms with Crippen molar-refractivity contribution in [2.75, 3.05) is 19.9 Å². The highest BCUT2D eigenvalue weighted by Gasteiger charge is 2.29. The van der Waals surface area contributed by atoms with E-state index in [1.54, 1.807) is 11.0 Å². The summed E-state index contributed by atoms with van der Waals surface area (Å²) in [5.74, 6) is 1.21. The second-order valence-electron chi connectivity index (χ2n) is 6.32. The van der Waals surface area contributed by atoms with Crippen molar-refractivity contribution in [1.82, 2.24) is 4.90 Å². The SMILES string of the molecule is O=C(Cc1c(F)cccc1Cl)N1CC[C@@H](c2ccc3c(c2)OCO3)C1. The number of hydrogen-bond acceptors (Lipinski definition) is 3. The van der Waals surface area contributed by atoms with Crippen LogP contribution in [0, 0.1) is 5.82 Å². The Morgan fingerprint density at radius 3 is 2.92 bits per heavy atom. The van der Waals surface area contributed by atoms with Crippen molar-refractivity contribution < 1.29 is 18.7 Å². The Morgan fingerprint density at radius 1 is 1.24 bits per heavy atom. The molecule has 6 heteroatoms. The average molecular weight is 362 g/mol. The Balaban J connectivity index is 1.44. The summed E-state index contributed by atoms with van der Waals surface area (Å²) in [5, 5.41) is 0.292. The highest BCUT2D eigenvalue weighted by Crippen LogP contribution is 2.37. The zero-order valence-corrected chi connectivity index (χ0v) is 14.3. The number of rotatable bonds is 3. The van der Waals surface area contributed by atoms with Crippen molar-refractivity contribution >= 4 is 17.5 Å². The van der Waals surface area contributed by atoms with Gasteiger partial charge < -0.3 is 14.4 Å². The smallest absolute Gasteiger partial charge is 0.231 e. The maximum absolute atomic E-state index is 13.9. The molecule has 130 valence electrons. The number of amides is 1. The molecule has 0 N–H and O–H groups in total. The van der Waals surface area contributed by atoms with E-state index in [4.69, 9.17) is 21.1 Å². The van der Waals surface area contributed by atoms with Gasteiger partial charge in [0.05, 0.1) is 6.42 Å². The van der Waals surface area contributed by atoms with E-state index in [1.807, 2.05) is 18.2 Å². The van der Waals surface area contributed by atoms with E-state index in [0.29, 0.717) is 18.1 Å². The molecule has 0 spiro atoms. The van der Waals surface area contributed by atoms with Crippen LogP contribution >= 0.6 is 11.6 Å². The predicted octanol–water partition coefficient (Wildman–Crippen LogP) is 3.77. The van der Waals surface area contributed by atoms with E-state index >= 15 is 0 Å². The highest BCUT2D eigenvalue weighted by molar-refractivity contribution is 6.31. The summed E-state index contributed by atoms with van der Waals surface area (Å²) in [6.45, 7) is 1.52. The van der Waals surface area contributed by atoms with Crippen LogP contribution in [0.25, 0.3) is 0 Å². The first-order valence-electron chi connectivity index (χ1n) is 8.22. The second kappa shape index (κ2) is 6.56. The van der Waals surface area contributed by atoms with Gasteiger partial charge in [0.1, 0.15) is 5.82 Å². The molecule has 1 fully saturated rings. The van der Waals surface area contributed by atoms with Crippen LogP contribution in [-0.2, 0) is 11.2 Å². The molecular formula is C19H17ClFNO3. The van der Waals surface area contributed by atoms with E-state index in [2.05, 4.69) is 0 Å². The number of halogens is 2. The summed E-state index contributed by atoms with van der Waals surface area (Å²) in [5.41, 5.74) is 1.39. The number of ether oxygens (including phenoxy) is 2. The molecule has 0 unspecified atom stereocenters. The van der Waals surface area contributed by atoms with Crippen LogP contribution in [0.1, 0.15) is 23.5 Å². The number of benzene rings is 2. The van der Waals surface area contributed by atoms with E-state index < -0.39 is 5.82 Å². The molecule has 0 aromatic heterocycles. The first kappa shape index (κ1) is 16.2. The molecule has 2 aromatic rings. The molecule has 25 heavy (non-hydrogen) atoms. The largest absolute Gasteiger partial charge is 0.454 e. The van der Waals surface area contributed by atoms with Gasteiger partial charge in [-0.15, -0.1) is 0 Å². The van der Waals surface area contributed by atoms with Crippen molar-refractivity contribution in [3.63, 3.8) is 0 Å². The Kier molecular flexibility index (Phi) is 4.25. The molecule has 4 nitrogen and oxygen atoms in total. The fourth-order valence-corrected chi connectivity index (χ4v) is 3.62. The molecule has 0 aliphatic carbocycles. The lowest BCUT2D eigenvalue weighted by Crippen LogP contribution is -2.30. The van der Waals surface area contributed by atoms with Gasteiger partial charge in [-0.1, -0.05) is 23.7 Å². The minimum Gasteiger partial charge on any atom is -0.454 e. The molecule has 2 aliphatic heterocycles. The summed E-state index contributed by atoms with van der Waals surface area (Å²) in [6, 6.07) is 10.4. The Morgan fingerprint density at radius 2 is 2.08 bits per heavy atom. The lowest BCUT2D eigenvalue weighted by Gasteiger charge is -2.17. The van der Waals surface area contributed by atoms with Crippen molar-refractivity contribution in [2.45, 2.75) is 18.8 Å². The zero-order valence-electron chi connectivity index (χ0n) is 13.5. The van der Waals surface area contributed by atoms with Gasteiger partial charge in [0, 0.05) is 29.6 Å². The number of carbonyl (C=O) groups excluding carboxylic acids is 1. The van der Waals surface area contributed by atoms with Crippen molar-refractivity contribution in [3.8, 4) is 11.5 Å². The number of carbonyl (C=O) groups is 1. The lowest BCUT2D eigenvalue weighted by molar-refractivity contribution is -0.129. The molecule has 1 atom stereocenters. The van der Waals surface area contributed by atoms with E-state index in [0.717, 1.165) is 23.5 Å². The first-order valence-corrected chi connectivity index (χ1v) is 8.60. The Hall–Kier alpha value is -2.27. The van der Waals surface area contributed by atoms with Crippen LogP contribution < -0.4 is 9.47 Å². The number of fused-ring (bicyclic) bond motifs is 1. The quantitative estimate of drug-likeness (QED) is 0.835. The van der Waals surface area contributed by atoms with Crippen LogP contribution in [0.4, 0.5) is 4.39 Å². The summed E-state index contributed by atoms with van der Waals surface area (Å²) in [7, 11) is 0. The molecule has 0 radical (unpaired) electrons. The molecule has 1 amide bonds. The fourth-order valence-electron chi connectivity index (χ4n) is 3.39. The van der Waals surface area contributed by atoms with E-state index in [1.165, 1.54) is 12.1 Å². The minimum atomic E-state index is -0.438. The van der Waals surface area contributed by atoms with Crippen LogP contribution in [0.5, 0.6) is 11.5 Å². The summed E-state index contributed by atoms with van der Waals surface area (Å²) < 4.78 is 24.6. The van der Waals surface area contributed by atoms with Gasteiger partial charge in [0.25, 0.3) is 0 Å². The first-order chi connectivity index (χ1) is 12.1. The second-order valence-corrected chi connectivity index (χ2v) is 6.72. The number of likely N-dealkylation sites (tertiary alicyclic amines) is 1. The molecule has 4 rings (SSSR count). The van der Waals surface area contributed by atoms with E-state index in [-0.39, 0.29) is 30.6 Å². The maximum Gasteiger partial charge on any atom is 0.231 e. The van der Waals surface area contributed by atoms with Gasteiger partial charge in [0.2, 0.25) is 12.7 Å². The highest BCUT2D eigenvalue weighted by atomic mass is 35.5. The van der Waals surface area contributed by atoms with Gasteiger partial charge in [-0.25, -0.2) is 4.39 Å². The summed E-state index contributed by atoms with van der Waals surface area (Å²) in [6.07, 6.45) is 0.857. The Bertz CT molecular complexity index is 806. The van der Waals surface area contributed by atoms with Gasteiger partial charge in [-0.2, -0.15) is 0 Å². The Labute approximate surface area is 150 Å². The lowest BCUT2D eigenvalue weighted by atomic mass is 9.98.